The summed E-state index contributed by atoms with van der Waals surface area (Å²) in [6.07, 6.45) is 2.13. The van der Waals surface area contributed by atoms with Gasteiger partial charge < -0.3 is 10.4 Å². The average Bonchev–Trinajstić information content (AvgIpc) is 2.54. The zero-order valence-electron chi connectivity index (χ0n) is 11.9. The average molecular weight is 281 g/mol. The van der Waals surface area contributed by atoms with Crippen LogP contribution in [0.5, 0.6) is 0 Å². The maximum absolute atomic E-state index is 11.9. The van der Waals surface area contributed by atoms with Crippen LogP contribution in [0.4, 0.5) is 0 Å². The molecule has 3 nitrogen and oxygen atoms in total. The van der Waals surface area contributed by atoms with E-state index in [1.54, 1.807) is 6.08 Å². The number of nitrogens with one attached hydrogen (secondary N) is 1. The molecule has 3 heteroatoms. The number of benzene rings is 2. The monoisotopic (exact) mass is 281 g/mol. The van der Waals surface area contributed by atoms with Crippen LogP contribution in [-0.2, 0) is 24.4 Å². The third-order valence-corrected chi connectivity index (χ3v) is 3.28. The first kappa shape index (κ1) is 15.0. The van der Waals surface area contributed by atoms with E-state index >= 15 is 0 Å². The molecule has 0 heterocycles. The van der Waals surface area contributed by atoms with Gasteiger partial charge in [-0.05, 0) is 22.3 Å². The van der Waals surface area contributed by atoms with Gasteiger partial charge in [0.2, 0.25) is 5.91 Å². The van der Waals surface area contributed by atoms with Crippen LogP contribution in [0.1, 0.15) is 22.3 Å². The van der Waals surface area contributed by atoms with Crippen molar-refractivity contribution in [2.75, 3.05) is 0 Å². The minimum absolute atomic E-state index is 0.0143. The largest absolute Gasteiger partial charge is 0.392 e. The molecule has 0 unspecified atom stereocenters. The first-order valence-corrected chi connectivity index (χ1v) is 6.88. The normalized spacial score (nSPS) is 10.1. The molecule has 0 fully saturated rings. The van der Waals surface area contributed by atoms with Crippen molar-refractivity contribution in [2.24, 2.45) is 0 Å². The Kier molecular flexibility index (Phi) is 5.29. The van der Waals surface area contributed by atoms with E-state index in [1.165, 1.54) is 0 Å². The van der Waals surface area contributed by atoms with Gasteiger partial charge in [0, 0.05) is 6.54 Å². The Hall–Kier alpha value is -2.39. The van der Waals surface area contributed by atoms with E-state index in [4.69, 9.17) is 5.11 Å². The standard InChI is InChI=1S/C18H19NO2/c1-2-14-3-7-16(8-4-14)12-19-18(21)11-15-5-9-17(13-20)10-6-15/h2-10,20H,1,11-13H2,(H,19,21). The molecule has 0 spiro atoms. The zero-order chi connectivity index (χ0) is 15.1. The third-order valence-electron chi connectivity index (χ3n) is 3.28. The van der Waals surface area contributed by atoms with Gasteiger partial charge in [0.15, 0.2) is 0 Å². The second kappa shape index (κ2) is 7.41. The van der Waals surface area contributed by atoms with Gasteiger partial charge in [-0.1, -0.05) is 61.2 Å². The van der Waals surface area contributed by atoms with E-state index in [0.717, 1.165) is 22.3 Å². The number of hydrogen-bond acceptors (Lipinski definition) is 2. The Bertz CT molecular complexity index is 600. The third kappa shape index (κ3) is 4.58. The predicted octanol–water partition coefficient (Wildman–Crippen LogP) is 2.68. The van der Waals surface area contributed by atoms with Crippen LogP contribution in [0.15, 0.2) is 55.1 Å². The van der Waals surface area contributed by atoms with Gasteiger partial charge in [-0.15, -0.1) is 0 Å². The summed E-state index contributed by atoms with van der Waals surface area (Å²) < 4.78 is 0. The molecule has 0 aliphatic rings. The summed E-state index contributed by atoms with van der Waals surface area (Å²) in [5.74, 6) is -0.0143. The van der Waals surface area contributed by atoms with E-state index < -0.39 is 0 Å². The summed E-state index contributed by atoms with van der Waals surface area (Å²) in [5.41, 5.74) is 3.91. The molecule has 0 saturated carbocycles. The maximum Gasteiger partial charge on any atom is 0.224 e. The molecule has 0 aliphatic heterocycles. The molecule has 0 atom stereocenters. The van der Waals surface area contributed by atoms with Crippen molar-refractivity contribution in [1.82, 2.24) is 5.32 Å². The lowest BCUT2D eigenvalue weighted by atomic mass is 10.1. The predicted molar refractivity (Wildman–Crippen MR) is 84.4 cm³/mol. The Morgan fingerprint density at radius 1 is 1.00 bits per heavy atom. The SMILES string of the molecule is C=Cc1ccc(CNC(=O)Cc2ccc(CO)cc2)cc1. The number of carbonyl (C=O) groups excluding carboxylic acids is 1. The summed E-state index contributed by atoms with van der Waals surface area (Å²) in [6.45, 7) is 4.25. The molecule has 0 radical (unpaired) electrons. The smallest absolute Gasteiger partial charge is 0.224 e. The van der Waals surface area contributed by atoms with E-state index in [9.17, 15) is 4.79 Å². The second-order valence-electron chi connectivity index (χ2n) is 4.87. The molecule has 2 rings (SSSR count). The molecular weight excluding hydrogens is 262 g/mol. The highest BCUT2D eigenvalue weighted by Crippen LogP contribution is 2.07. The summed E-state index contributed by atoms with van der Waals surface area (Å²) in [6, 6.07) is 15.3. The lowest BCUT2D eigenvalue weighted by Gasteiger charge is -2.06. The zero-order valence-corrected chi connectivity index (χ0v) is 11.9. The Morgan fingerprint density at radius 3 is 2.14 bits per heavy atom. The minimum atomic E-state index is -0.0143. The Labute approximate surface area is 124 Å². The van der Waals surface area contributed by atoms with Crippen molar-refractivity contribution in [3.05, 3.63) is 77.4 Å². The molecule has 2 N–H and O–H groups in total. The van der Waals surface area contributed by atoms with Gasteiger partial charge in [-0.3, -0.25) is 4.79 Å². The van der Waals surface area contributed by atoms with E-state index in [0.29, 0.717) is 13.0 Å². The van der Waals surface area contributed by atoms with E-state index in [1.807, 2.05) is 48.5 Å². The van der Waals surface area contributed by atoms with Crippen LogP contribution in [0.25, 0.3) is 6.08 Å². The van der Waals surface area contributed by atoms with Crippen molar-refractivity contribution >= 4 is 12.0 Å². The molecule has 0 saturated heterocycles. The number of carbonyl (C=O) groups is 1. The Balaban J connectivity index is 1.84. The van der Waals surface area contributed by atoms with Crippen LogP contribution in [-0.4, -0.2) is 11.0 Å². The van der Waals surface area contributed by atoms with Gasteiger partial charge in [-0.25, -0.2) is 0 Å². The summed E-state index contributed by atoms with van der Waals surface area (Å²) in [4.78, 5) is 11.9. The maximum atomic E-state index is 11.9. The van der Waals surface area contributed by atoms with Crippen LogP contribution in [0.3, 0.4) is 0 Å². The van der Waals surface area contributed by atoms with Crippen molar-refractivity contribution in [1.29, 1.82) is 0 Å². The first-order valence-electron chi connectivity index (χ1n) is 6.88. The van der Waals surface area contributed by atoms with Crippen LogP contribution >= 0.6 is 0 Å². The van der Waals surface area contributed by atoms with Crippen molar-refractivity contribution < 1.29 is 9.90 Å². The molecule has 0 bridgehead atoms. The summed E-state index contributed by atoms with van der Waals surface area (Å²) >= 11 is 0. The van der Waals surface area contributed by atoms with Crippen LogP contribution in [0.2, 0.25) is 0 Å². The molecule has 2 aromatic rings. The number of hydrogen-bond donors (Lipinski definition) is 2. The van der Waals surface area contributed by atoms with Crippen LogP contribution < -0.4 is 5.32 Å². The van der Waals surface area contributed by atoms with Gasteiger partial charge >= 0.3 is 0 Å². The fourth-order valence-corrected chi connectivity index (χ4v) is 1.98. The molecule has 0 aromatic heterocycles. The first-order chi connectivity index (χ1) is 10.2. The van der Waals surface area contributed by atoms with Gasteiger partial charge in [0.25, 0.3) is 0 Å². The summed E-state index contributed by atoms with van der Waals surface area (Å²) in [5, 5.41) is 11.9. The highest BCUT2D eigenvalue weighted by Gasteiger charge is 2.03. The fraction of sp³-hybridized carbons (Fsp3) is 0.167. The number of rotatable bonds is 6. The topological polar surface area (TPSA) is 49.3 Å². The highest BCUT2D eigenvalue weighted by molar-refractivity contribution is 5.78. The molecule has 108 valence electrons. The fourth-order valence-electron chi connectivity index (χ4n) is 1.98. The Morgan fingerprint density at radius 2 is 1.57 bits per heavy atom. The number of aliphatic hydroxyl groups is 1. The lowest BCUT2D eigenvalue weighted by Crippen LogP contribution is -2.24. The number of amides is 1. The minimum Gasteiger partial charge on any atom is -0.392 e. The number of aliphatic hydroxyl groups excluding tert-OH is 1. The lowest BCUT2D eigenvalue weighted by molar-refractivity contribution is -0.120. The van der Waals surface area contributed by atoms with Crippen LogP contribution in [0, 0.1) is 0 Å². The van der Waals surface area contributed by atoms with Crippen molar-refractivity contribution in [3.63, 3.8) is 0 Å². The van der Waals surface area contributed by atoms with E-state index in [-0.39, 0.29) is 12.5 Å². The molecule has 21 heavy (non-hydrogen) atoms. The van der Waals surface area contributed by atoms with Gasteiger partial charge in [0.1, 0.15) is 0 Å². The summed E-state index contributed by atoms with van der Waals surface area (Å²) in [7, 11) is 0. The van der Waals surface area contributed by atoms with Crippen molar-refractivity contribution in [2.45, 2.75) is 19.6 Å². The highest BCUT2D eigenvalue weighted by atomic mass is 16.3. The second-order valence-corrected chi connectivity index (χ2v) is 4.87. The molecule has 2 aromatic carbocycles. The molecule has 1 amide bonds. The molecule has 0 aliphatic carbocycles. The van der Waals surface area contributed by atoms with Gasteiger partial charge in [0.05, 0.1) is 13.0 Å². The van der Waals surface area contributed by atoms with E-state index in [2.05, 4.69) is 11.9 Å². The van der Waals surface area contributed by atoms with Crippen molar-refractivity contribution in [3.8, 4) is 0 Å². The quantitative estimate of drug-likeness (QED) is 0.855. The molecular formula is C18H19NO2. The van der Waals surface area contributed by atoms with Gasteiger partial charge in [-0.2, -0.15) is 0 Å².